The largest absolute Gasteiger partial charge is 0.392 e. The van der Waals surface area contributed by atoms with Crippen LogP contribution in [0.15, 0.2) is 11.0 Å². The fourth-order valence-corrected chi connectivity index (χ4v) is 4.69. The molecule has 1 N–H and O–H groups in total. The maximum Gasteiger partial charge on any atom is 0.243 e. The van der Waals surface area contributed by atoms with E-state index in [4.69, 9.17) is 0 Å². The highest BCUT2D eigenvalue weighted by molar-refractivity contribution is 7.89. The number of aliphatic hydroxyl groups is 1. The van der Waals surface area contributed by atoms with E-state index in [0.29, 0.717) is 17.9 Å². The first-order valence-corrected chi connectivity index (χ1v) is 7.94. The number of hydrogen-bond donors (Lipinski definition) is 1. The molecule has 0 saturated carbocycles. The molecule has 0 aliphatic carbocycles. The van der Waals surface area contributed by atoms with Crippen LogP contribution in [0.5, 0.6) is 0 Å². The highest BCUT2D eigenvalue weighted by Gasteiger charge is 2.34. The molecule has 1 fully saturated rings. The van der Waals surface area contributed by atoms with E-state index in [-0.39, 0.29) is 6.54 Å². The van der Waals surface area contributed by atoms with Crippen molar-refractivity contribution in [3.8, 4) is 0 Å². The van der Waals surface area contributed by atoms with E-state index >= 15 is 0 Å². The van der Waals surface area contributed by atoms with Crippen molar-refractivity contribution in [2.45, 2.75) is 45.1 Å². The third-order valence-corrected chi connectivity index (χ3v) is 6.16. The van der Waals surface area contributed by atoms with Crippen LogP contribution >= 0.6 is 0 Å². The number of aliphatic hydroxyl groups excluding tert-OH is 1. The minimum absolute atomic E-state index is 0.203. The van der Waals surface area contributed by atoms with E-state index < -0.39 is 16.1 Å². The van der Waals surface area contributed by atoms with E-state index in [1.807, 2.05) is 33.8 Å². The number of hydrogen-bond acceptors (Lipinski definition) is 3. The molecule has 0 aromatic heterocycles. The fourth-order valence-electron chi connectivity index (χ4n) is 2.63. The predicted molar refractivity (Wildman–Crippen MR) is 74.8 cm³/mol. The first-order chi connectivity index (χ1) is 8.75. The van der Waals surface area contributed by atoms with Gasteiger partial charge >= 0.3 is 0 Å². The molecule has 0 bridgehead atoms. The molecule has 0 radical (unpaired) electrons. The van der Waals surface area contributed by atoms with Crippen molar-refractivity contribution in [2.75, 3.05) is 13.1 Å². The standard InChI is InChI=1S/C14H21NO3S/c1-9-7-10(2)12(4)14(11(9)3)19(17,18)15-6-5-13(16)8-15/h7,13,16H,5-6,8H2,1-4H3/t13-/m1/s1. The van der Waals surface area contributed by atoms with E-state index in [9.17, 15) is 13.5 Å². The number of rotatable bonds is 2. The van der Waals surface area contributed by atoms with Crippen LogP contribution in [0.1, 0.15) is 28.7 Å². The highest BCUT2D eigenvalue weighted by atomic mass is 32.2. The van der Waals surface area contributed by atoms with Gasteiger partial charge in [-0.2, -0.15) is 4.31 Å². The average molecular weight is 283 g/mol. The third kappa shape index (κ3) is 2.42. The fraction of sp³-hybridized carbons (Fsp3) is 0.571. The van der Waals surface area contributed by atoms with Crippen LogP contribution in [0.4, 0.5) is 0 Å². The Morgan fingerprint density at radius 3 is 2.11 bits per heavy atom. The zero-order valence-corrected chi connectivity index (χ0v) is 12.7. The third-order valence-electron chi connectivity index (χ3n) is 4.02. The normalized spacial score (nSPS) is 21.0. The Hall–Kier alpha value is -0.910. The zero-order valence-electron chi connectivity index (χ0n) is 11.9. The van der Waals surface area contributed by atoms with Crippen molar-refractivity contribution in [2.24, 2.45) is 0 Å². The first kappa shape index (κ1) is 14.5. The molecule has 1 saturated heterocycles. The summed E-state index contributed by atoms with van der Waals surface area (Å²) in [5.74, 6) is 0. The Kier molecular flexibility index (Phi) is 3.73. The van der Waals surface area contributed by atoms with Crippen LogP contribution in [0, 0.1) is 27.7 Å². The van der Waals surface area contributed by atoms with Gasteiger partial charge in [0.1, 0.15) is 0 Å². The summed E-state index contributed by atoms with van der Waals surface area (Å²) in [5.41, 5.74) is 3.59. The SMILES string of the molecule is Cc1cc(C)c(C)c(S(=O)(=O)N2CC[C@@H](O)C2)c1C. The molecule has 1 atom stereocenters. The number of β-amino-alcohol motifs (C(OH)–C–C–N with tert-alkyl or cyclic N) is 1. The molecule has 106 valence electrons. The Labute approximate surface area is 115 Å². The van der Waals surface area contributed by atoms with Crippen LogP contribution in [0.25, 0.3) is 0 Å². The van der Waals surface area contributed by atoms with Gasteiger partial charge in [-0.05, 0) is 56.4 Å². The summed E-state index contributed by atoms with van der Waals surface area (Å²) < 4.78 is 26.9. The molecule has 1 aliphatic heterocycles. The summed E-state index contributed by atoms with van der Waals surface area (Å²) in [6, 6.07) is 2.02. The van der Waals surface area contributed by atoms with Crippen molar-refractivity contribution >= 4 is 10.0 Å². The second-order valence-electron chi connectivity index (χ2n) is 5.40. The monoisotopic (exact) mass is 283 g/mol. The lowest BCUT2D eigenvalue weighted by atomic mass is 10.0. The minimum Gasteiger partial charge on any atom is -0.392 e. The molecule has 0 spiro atoms. The van der Waals surface area contributed by atoms with Crippen LogP contribution in [-0.2, 0) is 10.0 Å². The predicted octanol–water partition coefficient (Wildman–Crippen LogP) is 1.68. The number of benzene rings is 1. The van der Waals surface area contributed by atoms with E-state index in [0.717, 1.165) is 22.3 Å². The van der Waals surface area contributed by atoms with Gasteiger partial charge in [-0.1, -0.05) is 6.07 Å². The molecule has 1 aliphatic rings. The van der Waals surface area contributed by atoms with Gasteiger partial charge in [0, 0.05) is 13.1 Å². The maximum absolute atomic E-state index is 12.7. The molecule has 1 aromatic carbocycles. The Morgan fingerprint density at radius 2 is 1.68 bits per heavy atom. The minimum atomic E-state index is -3.50. The van der Waals surface area contributed by atoms with Gasteiger partial charge in [0.25, 0.3) is 0 Å². The summed E-state index contributed by atoms with van der Waals surface area (Å²) >= 11 is 0. The van der Waals surface area contributed by atoms with Gasteiger partial charge in [0.15, 0.2) is 0 Å². The summed E-state index contributed by atoms with van der Waals surface area (Å²) in [6.45, 7) is 8.16. The molecule has 4 nitrogen and oxygen atoms in total. The van der Waals surface area contributed by atoms with Crippen molar-refractivity contribution in [3.05, 3.63) is 28.3 Å². The van der Waals surface area contributed by atoms with Gasteiger partial charge in [-0.3, -0.25) is 0 Å². The van der Waals surface area contributed by atoms with Crippen LogP contribution in [0.3, 0.4) is 0 Å². The van der Waals surface area contributed by atoms with Crippen molar-refractivity contribution in [3.63, 3.8) is 0 Å². The van der Waals surface area contributed by atoms with Crippen LogP contribution in [0.2, 0.25) is 0 Å². The summed E-state index contributed by atoms with van der Waals surface area (Å²) in [7, 11) is -3.50. The average Bonchev–Trinajstić information content (AvgIpc) is 2.74. The molecule has 5 heteroatoms. The van der Waals surface area contributed by atoms with Gasteiger partial charge < -0.3 is 5.11 Å². The molecule has 0 amide bonds. The van der Waals surface area contributed by atoms with Crippen molar-refractivity contribution in [1.29, 1.82) is 0 Å². The lowest BCUT2D eigenvalue weighted by Crippen LogP contribution is -2.31. The summed E-state index contributed by atoms with van der Waals surface area (Å²) in [6.07, 6.45) is -0.0245. The second kappa shape index (κ2) is 4.89. The zero-order chi connectivity index (χ0) is 14.4. The number of sulfonamides is 1. The summed E-state index contributed by atoms with van der Waals surface area (Å²) in [5, 5.41) is 9.55. The summed E-state index contributed by atoms with van der Waals surface area (Å²) in [4.78, 5) is 0.416. The molecular weight excluding hydrogens is 262 g/mol. The van der Waals surface area contributed by atoms with Crippen LogP contribution in [-0.4, -0.2) is 37.0 Å². The van der Waals surface area contributed by atoms with E-state index in [2.05, 4.69) is 0 Å². The Morgan fingerprint density at radius 1 is 1.16 bits per heavy atom. The van der Waals surface area contributed by atoms with Crippen LogP contribution < -0.4 is 0 Å². The second-order valence-corrected chi connectivity index (χ2v) is 7.27. The molecule has 1 heterocycles. The topological polar surface area (TPSA) is 57.6 Å². The van der Waals surface area contributed by atoms with Gasteiger partial charge in [0.05, 0.1) is 11.0 Å². The Bertz CT molecular complexity index is 581. The molecular formula is C14H21NO3S. The highest BCUT2D eigenvalue weighted by Crippen LogP contribution is 2.30. The molecule has 1 aromatic rings. The van der Waals surface area contributed by atoms with Gasteiger partial charge in [0.2, 0.25) is 10.0 Å². The lowest BCUT2D eigenvalue weighted by Gasteiger charge is -2.21. The lowest BCUT2D eigenvalue weighted by molar-refractivity contribution is 0.189. The van der Waals surface area contributed by atoms with Gasteiger partial charge in [-0.25, -0.2) is 8.42 Å². The Balaban J connectivity index is 2.58. The maximum atomic E-state index is 12.7. The quantitative estimate of drug-likeness (QED) is 0.898. The van der Waals surface area contributed by atoms with Crippen molar-refractivity contribution in [1.82, 2.24) is 4.31 Å². The molecule has 0 unspecified atom stereocenters. The van der Waals surface area contributed by atoms with Crippen molar-refractivity contribution < 1.29 is 13.5 Å². The molecule has 2 rings (SSSR count). The van der Waals surface area contributed by atoms with Gasteiger partial charge in [-0.15, -0.1) is 0 Å². The smallest absolute Gasteiger partial charge is 0.243 e. The van der Waals surface area contributed by atoms with E-state index in [1.54, 1.807) is 0 Å². The molecule has 19 heavy (non-hydrogen) atoms. The number of aryl methyl sites for hydroxylation is 2. The first-order valence-electron chi connectivity index (χ1n) is 6.50. The number of nitrogens with zero attached hydrogens (tertiary/aromatic N) is 1. The van der Waals surface area contributed by atoms with E-state index in [1.165, 1.54) is 4.31 Å².